The summed E-state index contributed by atoms with van der Waals surface area (Å²) in [7, 11) is 0. The van der Waals surface area contributed by atoms with Crippen LogP contribution in [0.15, 0.2) is 30.6 Å². The van der Waals surface area contributed by atoms with Crippen molar-refractivity contribution in [1.82, 2.24) is 24.8 Å². The van der Waals surface area contributed by atoms with Gasteiger partial charge < -0.3 is 0 Å². The van der Waals surface area contributed by atoms with Crippen LogP contribution in [0.5, 0.6) is 0 Å². The maximum atomic E-state index is 13.0. The first-order chi connectivity index (χ1) is 15.5. The molecule has 2 heterocycles. The third-order valence-corrected chi connectivity index (χ3v) is 4.42. The Bertz CT molecular complexity index is 1090. The van der Waals surface area contributed by atoms with E-state index in [2.05, 4.69) is 10.1 Å². The van der Waals surface area contributed by atoms with Crippen molar-refractivity contribution in [3.05, 3.63) is 41.7 Å². The highest BCUT2D eigenvalue weighted by atomic mass is 19.4. The number of halogens is 9. The van der Waals surface area contributed by atoms with Crippen molar-refractivity contribution in [2.45, 2.75) is 24.9 Å². The fourth-order valence-electron chi connectivity index (χ4n) is 2.95. The lowest BCUT2D eigenvalue weighted by atomic mass is 10.0. The summed E-state index contributed by atoms with van der Waals surface area (Å²) in [4.78, 5) is 27.4. The van der Waals surface area contributed by atoms with Gasteiger partial charge >= 0.3 is 18.5 Å². The van der Waals surface area contributed by atoms with Gasteiger partial charge in [0.25, 0.3) is 5.91 Å². The van der Waals surface area contributed by atoms with Gasteiger partial charge in [-0.15, -0.1) is 5.10 Å². The van der Waals surface area contributed by atoms with Crippen LogP contribution in [0.25, 0.3) is 17.6 Å². The lowest BCUT2D eigenvalue weighted by molar-refractivity contribution is -0.184. The number of hydrogen-bond acceptors (Lipinski definition) is 4. The fraction of sp³-hybridized carbons (Fsp3) is 0.333. The van der Waals surface area contributed by atoms with Crippen LogP contribution < -0.4 is 0 Å². The summed E-state index contributed by atoms with van der Waals surface area (Å²) in [5.41, 5.74) is -3.77. The molecule has 1 aliphatic heterocycles. The predicted molar refractivity (Wildman–Crippen MR) is 94.9 cm³/mol. The molecule has 1 aromatic carbocycles. The number of alkyl halides is 9. The second-order valence-corrected chi connectivity index (χ2v) is 6.94. The van der Waals surface area contributed by atoms with E-state index in [0.29, 0.717) is 23.2 Å². The number of hydrazine groups is 1. The molecule has 0 saturated carbocycles. The van der Waals surface area contributed by atoms with Gasteiger partial charge in [-0.3, -0.25) is 9.59 Å². The van der Waals surface area contributed by atoms with E-state index in [9.17, 15) is 49.1 Å². The van der Waals surface area contributed by atoms with E-state index in [1.165, 1.54) is 0 Å². The molecule has 0 atom stereocenters. The highest BCUT2D eigenvalue weighted by Crippen LogP contribution is 2.38. The van der Waals surface area contributed by atoms with Crippen LogP contribution in [0.1, 0.15) is 17.5 Å². The molecule has 0 N–H and O–H groups in total. The number of aromatic nitrogens is 3. The molecule has 1 aromatic heterocycles. The number of rotatable bonds is 4. The average molecular weight is 501 g/mol. The minimum Gasteiger partial charge on any atom is -0.273 e. The lowest BCUT2D eigenvalue weighted by Gasteiger charge is -2.27. The number of hydrogen-bond donors (Lipinski definition) is 0. The molecule has 34 heavy (non-hydrogen) atoms. The van der Waals surface area contributed by atoms with Gasteiger partial charge in [-0.05, 0) is 18.2 Å². The van der Waals surface area contributed by atoms with Crippen LogP contribution in [0.3, 0.4) is 0 Å². The summed E-state index contributed by atoms with van der Waals surface area (Å²) in [6.07, 6.45) is -12.8. The van der Waals surface area contributed by atoms with E-state index in [-0.39, 0.29) is 24.0 Å². The summed E-state index contributed by atoms with van der Waals surface area (Å²) in [6.45, 7) is -2.00. The molecule has 2 amide bonds. The smallest absolute Gasteiger partial charge is 0.273 e. The van der Waals surface area contributed by atoms with Crippen LogP contribution in [-0.4, -0.2) is 55.9 Å². The van der Waals surface area contributed by atoms with Crippen molar-refractivity contribution in [2.75, 3.05) is 13.1 Å². The van der Waals surface area contributed by atoms with Gasteiger partial charge in [-0.1, -0.05) is 0 Å². The summed E-state index contributed by atoms with van der Waals surface area (Å²) in [5.74, 6) is -2.50. The second kappa shape index (κ2) is 8.64. The van der Waals surface area contributed by atoms with Crippen molar-refractivity contribution in [3.8, 4) is 11.4 Å². The van der Waals surface area contributed by atoms with Crippen molar-refractivity contribution in [1.29, 1.82) is 0 Å². The van der Waals surface area contributed by atoms with Gasteiger partial charge in [-0.2, -0.15) is 39.5 Å². The first kappa shape index (κ1) is 25.0. The molecule has 184 valence electrons. The SMILES string of the molecule is O=C(C=Cn1cnc(-c2cc(C(F)(F)F)cc(C(F)(F)F)c2)n1)N1CCC(=O)N1CC(F)(F)F. The first-order valence-electron chi connectivity index (χ1n) is 9.12. The molecular formula is C18H12F9N5O2. The van der Waals surface area contributed by atoms with E-state index in [4.69, 9.17) is 0 Å². The van der Waals surface area contributed by atoms with E-state index >= 15 is 0 Å². The zero-order valence-corrected chi connectivity index (χ0v) is 16.5. The molecule has 1 saturated heterocycles. The highest BCUT2D eigenvalue weighted by Gasteiger charge is 2.40. The zero-order valence-electron chi connectivity index (χ0n) is 16.5. The molecule has 1 fully saturated rings. The Labute approximate surface area is 184 Å². The summed E-state index contributed by atoms with van der Waals surface area (Å²) >= 11 is 0. The van der Waals surface area contributed by atoms with Crippen LogP contribution in [0.4, 0.5) is 39.5 Å². The van der Waals surface area contributed by atoms with Crippen LogP contribution in [-0.2, 0) is 21.9 Å². The predicted octanol–water partition coefficient (Wildman–Crippen LogP) is 3.99. The van der Waals surface area contributed by atoms with E-state index < -0.39 is 59.4 Å². The number of carbonyl (C=O) groups excluding carboxylic acids is 2. The summed E-state index contributed by atoms with van der Waals surface area (Å²) < 4.78 is 117. The molecule has 0 unspecified atom stereocenters. The standard InChI is InChI=1S/C18H12F9N5O2/c19-16(20,21)8-32-14(34)2-4-31(32)13(33)1-3-30-9-28-15(29-30)10-5-11(17(22,23)24)7-12(6-10)18(25,26)27/h1,3,5-7,9H,2,4,8H2. The Kier molecular flexibility index (Phi) is 6.36. The fourth-order valence-corrected chi connectivity index (χ4v) is 2.95. The average Bonchev–Trinajstić information content (AvgIpc) is 3.31. The Morgan fingerprint density at radius 2 is 1.56 bits per heavy atom. The second-order valence-electron chi connectivity index (χ2n) is 6.94. The van der Waals surface area contributed by atoms with Gasteiger partial charge in [0.1, 0.15) is 12.9 Å². The summed E-state index contributed by atoms with van der Waals surface area (Å²) in [6, 6.07) is 0.756. The Hall–Kier alpha value is -3.59. The van der Waals surface area contributed by atoms with Gasteiger partial charge in [0, 0.05) is 24.3 Å². The largest absolute Gasteiger partial charge is 0.416 e. The minimum absolute atomic E-state index is 0.0664. The molecule has 1 aliphatic rings. The quantitative estimate of drug-likeness (QED) is 0.470. The van der Waals surface area contributed by atoms with E-state index in [1.54, 1.807) is 0 Å². The number of amides is 2. The monoisotopic (exact) mass is 501 g/mol. The van der Waals surface area contributed by atoms with Gasteiger partial charge in [0.05, 0.1) is 17.7 Å². The molecule has 0 radical (unpaired) electrons. The molecule has 3 rings (SSSR count). The molecule has 0 spiro atoms. The number of carbonyl (C=O) groups is 2. The Morgan fingerprint density at radius 3 is 2.09 bits per heavy atom. The van der Waals surface area contributed by atoms with Gasteiger partial charge in [0.15, 0.2) is 5.82 Å². The molecular weight excluding hydrogens is 489 g/mol. The molecule has 7 nitrogen and oxygen atoms in total. The van der Waals surface area contributed by atoms with E-state index in [0.717, 1.165) is 17.2 Å². The van der Waals surface area contributed by atoms with Crippen LogP contribution >= 0.6 is 0 Å². The van der Waals surface area contributed by atoms with E-state index in [1.807, 2.05) is 0 Å². The highest BCUT2D eigenvalue weighted by molar-refractivity contribution is 5.93. The van der Waals surface area contributed by atoms with Crippen LogP contribution in [0.2, 0.25) is 0 Å². The molecule has 16 heteroatoms. The number of nitrogens with zero attached hydrogens (tertiary/aromatic N) is 5. The maximum absolute atomic E-state index is 13.0. The van der Waals surface area contributed by atoms with Crippen molar-refractivity contribution in [2.24, 2.45) is 0 Å². The Morgan fingerprint density at radius 1 is 0.971 bits per heavy atom. The van der Waals surface area contributed by atoms with Gasteiger partial charge in [-0.25, -0.2) is 19.7 Å². The molecule has 0 bridgehead atoms. The van der Waals surface area contributed by atoms with Crippen molar-refractivity contribution in [3.63, 3.8) is 0 Å². The zero-order chi connectivity index (χ0) is 25.5. The molecule has 2 aromatic rings. The van der Waals surface area contributed by atoms with Crippen LogP contribution in [0, 0.1) is 0 Å². The third kappa shape index (κ3) is 5.85. The molecule has 0 aliphatic carbocycles. The van der Waals surface area contributed by atoms with Crippen molar-refractivity contribution < 1.29 is 49.1 Å². The third-order valence-electron chi connectivity index (χ3n) is 4.42. The normalized spacial score (nSPS) is 15.6. The Balaban J connectivity index is 1.83. The lowest BCUT2D eigenvalue weighted by Crippen LogP contribution is -2.46. The minimum atomic E-state index is -5.08. The van der Waals surface area contributed by atoms with Gasteiger partial charge in [0.2, 0.25) is 5.91 Å². The topological polar surface area (TPSA) is 71.3 Å². The maximum Gasteiger partial charge on any atom is 0.416 e. The van der Waals surface area contributed by atoms with Crippen molar-refractivity contribution >= 4 is 18.0 Å². The number of benzene rings is 1. The summed E-state index contributed by atoms with van der Waals surface area (Å²) in [5, 5.41) is 4.44. The first-order valence-corrected chi connectivity index (χ1v) is 9.12.